The molecule has 72 valence electrons. The number of hydrogen-bond acceptors (Lipinski definition) is 6. The molecular weight excluding hydrogens is 200 g/mol. The molecule has 0 radical (unpaired) electrons. The number of rotatable bonds is 3. The summed E-state index contributed by atoms with van der Waals surface area (Å²) in [5, 5.41) is 9.01. The Kier molecular flexibility index (Phi) is 2.76. The van der Waals surface area contributed by atoms with E-state index in [1.165, 1.54) is 18.0 Å². The average molecular weight is 208 g/mol. The maximum atomic E-state index is 5.55. The van der Waals surface area contributed by atoms with Crippen molar-refractivity contribution < 1.29 is 4.42 Å². The van der Waals surface area contributed by atoms with Crippen LogP contribution in [0, 0.1) is 0 Å². The monoisotopic (exact) mass is 208 g/mol. The molecule has 0 atom stereocenters. The molecule has 2 N–H and O–H groups in total. The van der Waals surface area contributed by atoms with Gasteiger partial charge in [-0.1, -0.05) is 0 Å². The van der Waals surface area contributed by atoms with E-state index < -0.39 is 0 Å². The fourth-order valence-electron chi connectivity index (χ4n) is 0.929. The largest absolute Gasteiger partial charge is 0.440 e. The fourth-order valence-corrected chi connectivity index (χ4v) is 1.68. The van der Waals surface area contributed by atoms with Crippen molar-refractivity contribution in [3.63, 3.8) is 0 Å². The molecule has 2 rings (SSSR count). The van der Waals surface area contributed by atoms with Crippen LogP contribution in [0.15, 0.2) is 39.4 Å². The standard InChI is InChI=1S/C8H8N4OS/c9-5-6-1-2-11-12-7(6)14-8-10-3-4-13-8/h1-4H,5,9H2. The average Bonchev–Trinajstić information content (AvgIpc) is 2.71. The highest BCUT2D eigenvalue weighted by molar-refractivity contribution is 7.99. The van der Waals surface area contributed by atoms with Gasteiger partial charge >= 0.3 is 0 Å². The van der Waals surface area contributed by atoms with Crippen LogP contribution in [0.1, 0.15) is 5.56 Å². The molecule has 2 heterocycles. The lowest BCUT2D eigenvalue weighted by atomic mass is 10.3. The molecule has 0 bridgehead atoms. The van der Waals surface area contributed by atoms with Crippen molar-refractivity contribution in [2.24, 2.45) is 5.73 Å². The maximum Gasteiger partial charge on any atom is 0.262 e. The zero-order valence-corrected chi connectivity index (χ0v) is 8.07. The number of aromatic nitrogens is 3. The summed E-state index contributed by atoms with van der Waals surface area (Å²) < 4.78 is 5.08. The molecular formula is C8H8N4OS. The summed E-state index contributed by atoms with van der Waals surface area (Å²) in [5.74, 6) is 0. The fraction of sp³-hybridized carbons (Fsp3) is 0.125. The van der Waals surface area contributed by atoms with Gasteiger partial charge in [-0.3, -0.25) is 0 Å². The highest BCUT2D eigenvalue weighted by Crippen LogP contribution is 2.26. The third-order valence-corrected chi connectivity index (χ3v) is 2.49. The van der Waals surface area contributed by atoms with Crippen molar-refractivity contribution in [3.8, 4) is 0 Å². The second-order valence-electron chi connectivity index (χ2n) is 2.47. The summed E-state index contributed by atoms with van der Waals surface area (Å²) in [6, 6.07) is 1.83. The van der Waals surface area contributed by atoms with E-state index in [9.17, 15) is 0 Å². The van der Waals surface area contributed by atoms with E-state index in [-0.39, 0.29) is 0 Å². The van der Waals surface area contributed by atoms with Crippen molar-refractivity contribution in [2.45, 2.75) is 16.8 Å². The Morgan fingerprint density at radius 3 is 3.07 bits per heavy atom. The SMILES string of the molecule is NCc1ccnnc1Sc1ncco1. The molecule has 0 fully saturated rings. The van der Waals surface area contributed by atoms with E-state index in [1.54, 1.807) is 12.4 Å². The molecule has 0 spiro atoms. The van der Waals surface area contributed by atoms with Crippen LogP contribution in [0.5, 0.6) is 0 Å². The molecule has 0 saturated carbocycles. The van der Waals surface area contributed by atoms with Gasteiger partial charge in [0.15, 0.2) is 0 Å². The zero-order valence-electron chi connectivity index (χ0n) is 7.25. The second kappa shape index (κ2) is 4.21. The molecule has 0 aromatic carbocycles. The van der Waals surface area contributed by atoms with Gasteiger partial charge < -0.3 is 10.2 Å². The van der Waals surface area contributed by atoms with Gasteiger partial charge in [-0.25, -0.2) is 4.98 Å². The van der Waals surface area contributed by atoms with Crippen LogP contribution in [0.2, 0.25) is 0 Å². The van der Waals surface area contributed by atoms with E-state index >= 15 is 0 Å². The van der Waals surface area contributed by atoms with Crippen LogP contribution in [-0.2, 0) is 6.54 Å². The molecule has 5 nitrogen and oxygen atoms in total. The summed E-state index contributed by atoms with van der Waals surface area (Å²) in [6.45, 7) is 0.429. The Morgan fingerprint density at radius 2 is 2.36 bits per heavy atom. The zero-order chi connectivity index (χ0) is 9.80. The number of nitrogens with two attached hydrogens (primary N) is 1. The lowest BCUT2D eigenvalue weighted by Crippen LogP contribution is -2.00. The predicted octanol–water partition coefficient (Wildman–Crippen LogP) is 1.07. The second-order valence-corrected chi connectivity index (χ2v) is 3.41. The van der Waals surface area contributed by atoms with Crippen molar-refractivity contribution >= 4 is 11.8 Å². The summed E-state index contributed by atoms with van der Waals surface area (Å²) in [7, 11) is 0. The molecule has 0 saturated heterocycles. The molecule has 0 aliphatic rings. The summed E-state index contributed by atoms with van der Waals surface area (Å²) in [6.07, 6.45) is 4.71. The molecule has 0 aliphatic carbocycles. The summed E-state index contributed by atoms with van der Waals surface area (Å²) >= 11 is 1.31. The summed E-state index contributed by atoms with van der Waals surface area (Å²) in [5.41, 5.74) is 6.48. The van der Waals surface area contributed by atoms with Crippen LogP contribution in [0.3, 0.4) is 0 Å². The molecule has 0 aliphatic heterocycles. The molecule has 6 heteroatoms. The van der Waals surface area contributed by atoms with E-state index in [2.05, 4.69) is 15.2 Å². The maximum absolute atomic E-state index is 5.55. The first-order valence-corrected chi connectivity index (χ1v) is 4.80. The smallest absolute Gasteiger partial charge is 0.262 e. The van der Waals surface area contributed by atoms with Gasteiger partial charge in [0.25, 0.3) is 5.22 Å². The normalized spacial score (nSPS) is 10.4. The van der Waals surface area contributed by atoms with E-state index in [0.29, 0.717) is 11.8 Å². The first-order valence-electron chi connectivity index (χ1n) is 3.98. The van der Waals surface area contributed by atoms with Crippen molar-refractivity contribution in [3.05, 3.63) is 30.3 Å². The Morgan fingerprint density at radius 1 is 1.43 bits per heavy atom. The molecule has 14 heavy (non-hydrogen) atoms. The lowest BCUT2D eigenvalue weighted by molar-refractivity contribution is 0.453. The number of nitrogens with zero attached hydrogens (tertiary/aromatic N) is 3. The highest BCUT2D eigenvalue weighted by atomic mass is 32.2. The van der Waals surface area contributed by atoms with Crippen LogP contribution in [0.4, 0.5) is 0 Å². The van der Waals surface area contributed by atoms with Gasteiger partial charge in [0.05, 0.1) is 6.20 Å². The Labute approximate surface area is 84.7 Å². The third-order valence-electron chi connectivity index (χ3n) is 1.58. The predicted molar refractivity (Wildman–Crippen MR) is 50.5 cm³/mol. The first-order chi connectivity index (χ1) is 6.90. The lowest BCUT2D eigenvalue weighted by Gasteiger charge is -2.00. The van der Waals surface area contributed by atoms with Gasteiger partial charge in [0, 0.05) is 18.3 Å². The Hall–Kier alpha value is -1.40. The minimum atomic E-state index is 0.429. The van der Waals surface area contributed by atoms with Gasteiger partial charge in [-0.2, -0.15) is 5.10 Å². The van der Waals surface area contributed by atoms with Crippen molar-refractivity contribution in [1.29, 1.82) is 0 Å². The Balaban J connectivity index is 2.24. The van der Waals surface area contributed by atoms with Gasteiger partial charge in [0.1, 0.15) is 11.3 Å². The number of oxazole rings is 1. The van der Waals surface area contributed by atoms with Crippen molar-refractivity contribution in [1.82, 2.24) is 15.2 Å². The molecule has 0 unspecified atom stereocenters. The first kappa shape index (κ1) is 9.17. The Bertz CT molecular complexity index is 403. The third kappa shape index (κ3) is 1.91. The summed E-state index contributed by atoms with van der Waals surface area (Å²) in [4.78, 5) is 3.97. The molecule has 2 aromatic rings. The van der Waals surface area contributed by atoms with Crippen LogP contribution in [-0.4, -0.2) is 15.2 Å². The van der Waals surface area contributed by atoms with Gasteiger partial charge in [-0.15, -0.1) is 5.10 Å². The topological polar surface area (TPSA) is 77.8 Å². The van der Waals surface area contributed by atoms with Gasteiger partial charge in [0.2, 0.25) is 0 Å². The molecule has 0 amide bonds. The minimum Gasteiger partial charge on any atom is -0.440 e. The minimum absolute atomic E-state index is 0.429. The van der Waals surface area contributed by atoms with Crippen molar-refractivity contribution in [2.75, 3.05) is 0 Å². The van der Waals surface area contributed by atoms with Crippen LogP contribution in [0.25, 0.3) is 0 Å². The highest BCUT2D eigenvalue weighted by Gasteiger charge is 2.07. The quantitative estimate of drug-likeness (QED) is 0.813. The van der Waals surface area contributed by atoms with E-state index in [0.717, 1.165) is 10.6 Å². The number of hydrogen-bond donors (Lipinski definition) is 1. The van der Waals surface area contributed by atoms with Crippen LogP contribution >= 0.6 is 11.8 Å². The van der Waals surface area contributed by atoms with Crippen LogP contribution < -0.4 is 5.73 Å². The van der Waals surface area contributed by atoms with E-state index in [4.69, 9.17) is 10.2 Å². The van der Waals surface area contributed by atoms with Gasteiger partial charge in [-0.05, 0) is 17.8 Å². The van der Waals surface area contributed by atoms with E-state index in [1.807, 2.05) is 6.07 Å². The molecule has 2 aromatic heterocycles.